The highest BCUT2D eigenvalue weighted by molar-refractivity contribution is 7.13. The van der Waals surface area contributed by atoms with E-state index in [0.717, 1.165) is 36.3 Å². The number of halogens is 2. The Kier molecular flexibility index (Phi) is 5.53. The van der Waals surface area contributed by atoms with Gasteiger partial charge in [-0.05, 0) is 48.6 Å². The van der Waals surface area contributed by atoms with E-state index in [4.69, 9.17) is 23.2 Å². The Morgan fingerprint density at radius 2 is 1.93 bits per heavy atom. The molecule has 3 aromatic rings. The first-order valence-electron chi connectivity index (χ1n) is 9.02. The van der Waals surface area contributed by atoms with Gasteiger partial charge in [-0.2, -0.15) is 5.10 Å². The van der Waals surface area contributed by atoms with Crippen LogP contribution < -0.4 is 5.32 Å². The van der Waals surface area contributed by atoms with Crippen molar-refractivity contribution in [2.45, 2.75) is 38.1 Å². The fraction of sp³-hybridized carbons (Fsp3) is 0.300. The van der Waals surface area contributed by atoms with E-state index < -0.39 is 0 Å². The van der Waals surface area contributed by atoms with Crippen molar-refractivity contribution in [3.05, 3.63) is 57.5 Å². The van der Waals surface area contributed by atoms with Crippen LogP contribution in [0.4, 0.5) is 0 Å². The number of hydrogen-bond acceptors (Lipinski definition) is 3. The maximum absolute atomic E-state index is 13.0. The van der Waals surface area contributed by atoms with Crippen LogP contribution >= 0.6 is 34.5 Å². The molecule has 0 bridgehead atoms. The zero-order valence-corrected chi connectivity index (χ0v) is 16.9. The number of aromatic nitrogens is 2. The summed E-state index contributed by atoms with van der Waals surface area (Å²) < 4.78 is 1.65. The second-order valence-corrected chi connectivity index (χ2v) is 8.47. The first kappa shape index (κ1) is 18.5. The summed E-state index contributed by atoms with van der Waals surface area (Å²) in [5.41, 5.74) is 1.98. The van der Waals surface area contributed by atoms with Crippen LogP contribution in [0.3, 0.4) is 0 Å². The summed E-state index contributed by atoms with van der Waals surface area (Å²) in [7, 11) is 0. The normalized spacial score (nSPS) is 15.0. The molecule has 140 valence electrons. The smallest absolute Gasteiger partial charge is 0.270 e. The molecule has 1 aliphatic rings. The van der Waals surface area contributed by atoms with E-state index in [0.29, 0.717) is 21.4 Å². The van der Waals surface area contributed by atoms with E-state index >= 15 is 0 Å². The van der Waals surface area contributed by atoms with Crippen LogP contribution in [0.15, 0.2) is 41.8 Å². The fourth-order valence-corrected chi connectivity index (χ4v) is 4.38. The van der Waals surface area contributed by atoms with Crippen molar-refractivity contribution in [3.8, 4) is 16.3 Å². The summed E-state index contributed by atoms with van der Waals surface area (Å²) >= 11 is 13.8. The molecule has 1 N–H and O–H groups in total. The molecule has 27 heavy (non-hydrogen) atoms. The molecule has 2 aromatic heterocycles. The maximum atomic E-state index is 13.0. The zero-order chi connectivity index (χ0) is 18.8. The number of carbonyl (C=O) groups is 1. The van der Waals surface area contributed by atoms with Crippen LogP contribution in [-0.4, -0.2) is 21.7 Å². The Hall–Kier alpha value is -1.82. The average molecular weight is 420 g/mol. The summed E-state index contributed by atoms with van der Waals surface area (Å²) in [4.78, 5) is 14.0. The largest absolute Gasteiger partial charge is 0.348 e. The number of nitrogens with one attached hydrogen (secondary N) is 1. The molecular formula is C20H19Cl2N3OS. The van der Waals surface area contributed by atoms with Crippen molar-refractivity contribution >= 4 is 40.4 Å². The Balaban J connectivity index is 1.71. The van der Waals surface area contributed by atoms with Crippen LogP contribution in [0.1, 0.15) is 42.6 Å². The average Bonchev–Trinajstić information content (AvgIpc) is 3.34. The number of benzene rings is 1. The van der Waals surface area contributed by atoms with Crippen molar-refractivity contribution in [2.75, 3.05) is 0 Å². The van der Waals surface area contributed by atoms with E-state index in [-0.39, 0.29) is 11.9 Å². The third-order valence-electron chi connectivity index (χ3n) is 4.80. The van der Waals surface area contributed by atoms with Crippen LogP contribution in [0.2, 0.25) is 10.0 Å². The molecule has 0 unspecified atom stereocenters. The van der Waals surface area contributed by atoms with Gasteiger partial charge in [-0.3, -0.25) is 4.79 Å². The van der Waals surface area contributed by atoms with Crippen LogP contribution in [-0.2, 0) is 0 Å². The molecule has 4 rings (SSSR count). The second-order valence-electron chi connectivity index (χ2n) is 6.71. The van der Waals surface area contributed by atoms with Crippen LogP contribution in [0.5, 0.6) is 0 Å². The molecule has 0 aliphatic heterocycles. The van der Waals surface area contributed by atoms with Gasteiger partial charge in [0.15, 0.2) is 0 Å². The number of amides is 1. The molecule has 1 amide bonds. The summed E-state index contributed by atoms with van der Waals surface area (Å²) in [6.45, 7) is 0. The lowest BCUT2D eigenvalue weighted by Gasteiger charge is -2.22. The molecule has 1 aliphatic carbocycles. The minimum Gasteiger partial charge on any atom is -0.348 e. The second kappa shape index (κ2) is 8.05. The van der Waals surface area contributed by atoms with Crippen molar-refractivity contribution in [1.82, 2.24) is 15.1 Å². The lowest BCUT2D eigenvalue weighted by atomic mass is 9.95. The minimum absolute atomic E-state index is 0.108. The topological polar surface area (TPSA) is 46.9 Å². The van der Waals surface area contributed by atoms with Crippen LogP contribution in [0.25, 0.3) is 16.3 Å². The van der Waals surface area contributed by atoms with E-state index in [9.17, 15) is 4.79 Å². The van der Waals surface area contributed by atoms with E-state index in [1.54, 1.807) is 28.2 Å². The Morgan fingerprint density at radius 3 is 2.63 bits per heavy atom. The summed E-state index contributed by atoms with van der Waals surface area (Å²) in [5, 5.41) is 10.7. The van der Waals surface area contributed by atoms with Gasteiger partial charge >= 0.3 is 0 Å². The molecule has 0 saturated heterocycles. The fourth-order valence-electron chi connectivity index (χ4n) is 3.41. The van der Waals surface area contributed by atoms with Gasteiger partial charge in [0.05, 0.1) is 20.6 Å². The SMILES string of the molecule is O=C(NC1CCCCC1)c1cc(-c2cccs2)nn1-c1ccc(Cl)c(Cl)c1. The molecule has 7 heteroatoms. The molecule has 0 spiro atoms. The standard InChI is InChI=1S/C20H19Cl2N3OS/c21-15-9-8-14(11-16(15)22)25-18(12-17(24-25)19-7-4-10-27-19)20(26)23-13-5-2-1-3-6-13/h4,7-13H,1-3,5-6H2,(H,23,26). The van der Waals surface area contributed by atoms with E-state index in [1.165, 1.54) is 6.42 Å². The first-order chi connectivity index (χ1) is 13.1. The predicted octanol–water partition coefficient (Wildman–Crippen LogP) is 5.97. The highest BCUT2D eigenvalue weighted by Gasteiger charge is 2.22. The Morgan fingerprint density at radius 1 is 1.11 bits per heavy atom. The van der Waals surface area contributed by atoms with Crippen molar-refractivity contribution in [1.29, 1.82) is 0 Å². The summed E-state index contributed by atoms with van der Waals surface area (Å²) in [6, 6.07) is 11.3. The Bertz CT molecular complexity index is 946. The van der Waals surface area contributed by atoms with Gasteiger partial charge < -0.3 is 5.32 Å². The highest BCUT2D eigenvalue weighted by atomic mass is 35.5. The van der Waals surface area contributed by atoms with Gasteiger partial charge in [-0.15, -0.1) is 11.3 Å². The third-order valence-corrected chi connectivity index (χ3v) is 6.44. The third kappa shape index (κ3) is 4.05. The number of hydrogen-bond donors (Lipinski definition) is 1. The molecule has 0 radical (unpaired) electrons. The van der Waals surface area contributed by atoms with Crippen LogP contribution in [0, 0.1) is 0 Å². The minimum atomic E-state index is -0.108. The van der Waals surface area contributed by atoms with Crippen molar-refractivity contribution < 1.29 is 4.79 Å². The lowest BCUT2D eigenvalue weighted by molar-refractivity contribution is 0.0920. The molecule has 1 saturated carbocycles. The van der Waals surface area contributed by atoms with Crippen molar-refractivity contribution in [3.63, 3.8) is 0 Å². The summed E-state index contributed by atoms with van der Waals surface area (Å²) in [5.74, 6) is -0.108. The number of thiophene rings is 1. The summed E-state index contributed by atoms with van der Waals surface area (Å²) in [6.07, 6.45) is 5.64. The van der Waals surface area contributed by atoms with Gasteiger partial charge in [0.25, 0.3) is 5.91 Å². The van der Waals surface area contributed by atoms with E-state index in [1.807, 2.05) is 29.6 Å². The van der Waals surface area contributed by atoms with Gasteiger partial charge in [-0.25, -0.2) is 4.68 Å². The molecule has 4 nitrogen and oxygen atoms in total. The van der Waals surface area contributed by atoms with Gasteiger partial charge in [0, 0.05) is 6.04 Å². The Labute approximate surface area is 172 Å². The maximum Gasteiger partial charge on any atom is 0.270 e. The predicted molar refractivity (Wildman–Crippen MR) is 111 cm³/mol. The quantitative estimate of drug-likeness (QED) is 0.565. The molecule has 1 aromatic carbocycles. The monoisotopic (exact) mass is 419 g/mol. The molecule has 1 fully saturated rings. The highest BCUT2D eigenvalue weighted by Crippen LogP contribution is 2.29. The van der Waals surface area contributed by atoms with Crippen molar-refractivity contribution in [2.24, 2.45) is 0 Å². The van der Waals surface area contributed by atoms with Gasteiger partial charge in [0.2, 0.25) is 0 Å². The number of carbonyl (C=O) groups excluding carboxylic acids is 1. The van der Waals surface area contributed by atoms with E-state index in [2.05, 4.69) is 10.4 Å². The lowest BCUT2D eigenvalue weighted by Crippen LogP contribution is -2.37. The van der Waals surface area contributed by atoms with Gasteiger partial charge in [-0.1, -0.05) is 48.5 Å². The molecular weight excluding hydrogens is 401 g/mol. The molecule has 0 atom stereocenters. The zero-order valence-electron chi connectivity index (χ0n) is 14.6. The molecule has 2 heterocycles. The van der Waals surface area contributed by atoms with Gasteiger partial charge in [0.1, 0.15) is 11.4 Å². The number of nitrogens with zero attached hydrogens (tertiary/aromatic N) is 2. The first-order valence-corrected chi connectivity index (χ1v) is 10.7. The number of rotatable bonds is 4.